The van der Waals surface area contributed by atoms with E-state index in [1.807, 2.05) is 5.57 Å². The summed E-state index contributed by atoms with van der Waals surface area (Å²) in [6.07, 6.45) is 13.7. The number of rotatable bonds is 0. The van der Waals surface area contributed by atoms with Crippen LogP contribution in [-0.2, 0) is 0 Å². The van der Waals surface area contributed by atoms with Crippen molar-refractivity contribution < 1.29 is 0 Å². The molecule has 0 aliphatic heterocycles. The molecule has 3 aliphatic rings. The quantitative estimate of drug-likeness (QED) is 0.549. The largest absolute Gasteiger partial charge is 0.0770 e. The van der Waals surface area contributed by atoms with Crippen molar-refractivity contribution in [2.75, 3.05) is 0 Å². The number of hydrogen-bond acceptors (Lipinski definition) is 0. The first-order chi connectivity index (χ1) is 7.75. The van der Waals surface area contributed by atoms with E-state index in [4.69, 9.17) is 0 Å². The highest BCUT2D eigenvalue weighted by Gasteiger charge is 2.37. The normalized spacial score (nSPS) is 42.9. The average molecular weight is 216 g/mol. The zero-order valence-corrected chi connectivity index (χ0v) is 10.7. The second-order valence-corrected chi connectivity index (χ2v) is 6.33. The summed E-state index contributed by atoms with van der Waals surface area (Å²) >= 11 is 0. The fraction of sp³-hybridized carbons (Fsp3) is 0.750. The molecule has 4 unspecified atom stereocenters. The van der Waals surface area contributed by atoms with Gasteiger partial charge in [0.2, 0.25) is 0 Å². The summed E-state index contributed by atoms with van der Waals surface area (Å²) in [5.41, 5.74) is 3.45. The highest BCUT2D eigenvalue weighted by atomic mass is 14.4. The van der Waals surface area contributed by atoms with Gasteiger partial charge in [-0.05, 0) is 56.3 Å². The molecule has 3 aliphatic carbocycles. The third-order valence-electron chi connectivity index (χ3n) is 5.10. The van der Waals surface area contributed by atoms with Gasteiger partial charge < -0.3 is 0 Å². The molecular formula is C16H24. The molecule has 0 aromatic carbocycles. The number of hydrogen-bond donors (Lipinski definition) is 0. The van der Waals surface area contributed by atoms with Crippen LogP contribution in [0.25, 0.3) is 0 Å². The lowest BCUT2D eigenvalue weighted by molar-refractivity contribution is 0.242. The highest BCUT2D eigenvalue weighted by molar-refractivity contribution is 5.38. The summed E-state index contributed by atoms with van der Waals surface area (Å²) < 4.78 is 0. The van der Waals surface area contributed by atoms with E-state index in [1.54, 1.807) is 5.57 Å². The Kier molecular flexibility index (Phi) is 2.69. The fourth-order valence-corrected chi connectivity index (χ4v) is 4.47. The number of fused-ring (bicyclic) bond motifs is 3. The van der Waals surface area contributed by atoms with Crippen molar-refractivity contribution in [1.82, 2.24) is 0 Å². The van der Waals surface area contributed by atoms with E-state index < -0.39 is 0 Å². The molecule has 0 saturated heterocycles. The summed E-state index contributed by atoms with van der Waals surface area (Å²) in [5, 5.41) is 0. The zero-order chi connectivity index (χ0) is 11.1. The minimum absolute atomic E-state index is 0.808. The standard InChI is InChI=1S/C16H24/c1-11-9-13-5-3-4-6-15(13)16-12(2)7-8-14(16)10-11/h7-8,11,13-15H,3-6,9-10H2,1-2H3. The van der Waals surface area contributed by atoms with E-state index in [-0.39, 0.29) is 0 Å². The topological polar surface area (TPSA) is 0 Å². The SMILES string of the molecule is CC1=C2C(C=C1)CC(C)CC1CCCCC21. The van der Waals surface area contributed by atoms with E-state index in [1.165, 1.54) is 38.5 Å². The Morgan fingerprint density at radius 1 is 1.12 bits per heavy atom. The molecule has 0 aromatic rings. The van der Waals surface area contributed by atoms with E-state index in [2.05, 4.69) is 26.0 Å². The molecule has 0 radical (unpaired) electrons. The van der Waals surface area contributed by atoms with Crippen molar-refractivity contribution in [1.29, 1.82) is 0 Å². The van der Waals surface area contributed by atoms with Crippen LogP contribution >= 0.6 is 0 Å². The van der Waals surface area contributed by atoms with Crippen LogP contribution in [0.1, 0.15) is 52.4 Å². The first-order valence-electron chi connectivity index (χ1n) is 7.14. The lowest BCUT2D eigenvalue weighted by Crippen LogP contribution is -2.22. The minimum Gasteiger partial charge on any atom is -0.0770 e. The van der Waals surface area contributed by atoms with Crippen LogP contribution < -0.4 is 0 Å². The third-order valence-corrected chi connectivity index (χ3v) is 5.10. The molecular weight excluding hydrogens is 192 g/mol. The summed E-state index contributed by atoms with van der Waals surface area (Å²) in [6, 6.07) is 0. The maximum absolute atomic E-state index is 2.48. The lowest BCUT2D eigenvalue weighted by Gasteiger charge is -2.33. The lowest BCUT2D eigenvalue weighted by atomic mass is 9.72. The minimum atomic E-state index is 0.808. The molecule has 2 saturated carbocycles. The van der Waals surface area contributed by atoms with Gasteiger partial charge in [0.25, 0.3) is 0 Å². The molecule has 0 amide bonds. The van der Waals surface area contributed by atoms with E-state index in [0.717, 1.165) is 23.7 Å². The van der Waals surface area contributed by atoms with Crippen molar-refractivity contribution in [3.63, 3.8) is 0 Å². The molecule has 0 aromatic heterocycles. The molecule has 16 heavy (non-hydrogen) atoms. The van der Waals surface area contributed by atoms with Crippen molar-refractivity contribution in [2.45, 2.75) is 52.4 Å². The first-order valence-corrected chi connectivity index (χ1v) is 7.14. The molecule has 0 N–H and O–H groups in total. The Balaban J connectivity index is 1.95. The molecule has 4 atom stereocenters. The Labute approximate surface area is 99.8 Å². The Bertz CT molecular complexity index is 334. The molecule has 3 rings (SSSR count). The van der Waals surface area contributed by atoms with Crippen LogP contribution in [0.4, 0.5) is 0 Å². The smallest absolute Gasteiger partial charge is 0.000892 e. The van der Waals surface area contributed by atoms with E-state index >= 15 is 0 Å². The fourth-order valence-electron chi connectivity index (χ4n) is 4.47. The Morgan fingerprint density at radius 3 is 2.81 bits per heavy atom. The maximum atomic E-state index is 2.48. The maximum Gasteiger partial charge on any atom is -0.000892 e. The van der Waals surface area contributed by atoms with Gasteiger partial charge in [0.15, 0.2) is 0 Å². The average Bonchev–Trinajstić information content (AvgIpc) is 2.55. The van der Waals surface area contributed by atoms with Crippen molar-refractivity contribution in [3.05, 3.63) is 23.3 Å². The third kappa shape index (κ3) is 1.67. The van der Waals surface area contributed by atoms with Gasteiger partial charge in [0.1, 0.15) is 0 Å². The van der Waals surface area contributed by atoms with Crippen molar-refractivity contribution in [2.24, 2.45) is 23.7 Å². The van der Waals surface area contributed by atoms with Gasteiger partial charge in [0, 0.05) is 0 Å². The number of allylic oxidation sites excluding steroid dienone is 4. The molecule has 0 bridgehead atoms. The Morgan fingerprint density at radius 2 is 1.94 bits per heavy atom. The van der Waals surface area contributed by atoms with Crippen LogP contribution in [0, 0.1) is 23.7 Å². The monoisotopic (exact) mass is 216 g/mol. The van der Waals surface area contributed by atoms with Crippen LogP contribution in [0.2, 0.25) is 0 Å². The molecule has 0 nitrogen and oxygen atoms in total. The molecule has 0 spiro atoms. The van der Waals surface area contributed by atoms with Crippen LogP contribution in [0.5, 0.6) is 0 Å². The van der Waals surface area contributed by atoms with Crippen LogP contribution in [0.3, 0.4) is 0 Å². The zero-order valence-electron chi connectivity index (χ0n) is 10.7. The summed E-state index contributed by atoms with van der Waals surface area (Å²) in [5.74, 6) is 3.70. The van der Waals surface area contributed by atoms with E-state index in [9.17, 15) is 0 Å². The Hall–Kier alpha value is -0.520. The molecule has 2 fully saturated rings. The van der Waals surface area contributed by atoms with Gasteiger partial charge in [-0.3, -0.25) is 0 Å². The summed E-state index contributed by atoms with van der Waals surface area (Å²) in [6.45, 7) is 4.81. The van der Waals surface area contributed by atoms with E-state index in [0.29, 0.717) is 0 Å². The van der Waals surface area contributed by atoms with Gasteiger partial charge in [-0.2, -0.15) is 0 Å². The predicted octanol–water partition coefficient (Wildman–Crippen LogP) is 4.73. The van der Waals surface area contributed by atoms with Crippen LogP contribution in [0.15, 0.2) is 23.3 Å². The predicted molar refractivity (Wildman–Crippen MR) is 69.2 cm³/mol. The summed E-state index contributed by atoms with van der Waals surface area (Å²) in [4.78, 5) is 0. The van der Waals surface area contributed by atoms with Crippen molar-refractivity contribution in [3.8, 4) is 0 Å². The van der Waals surface area contributed by atoms with Crippen molar-refractivity contribution >= 4 is 0 Å². The molecule has 88 valence electrons. The van der Waals surface area contributed by atoms with Crippen LogP contribution in [-0.4, -0.2) is 0 Å². The first kappa shape index (κ1) is 10.6. The van der Waals surface area contributed by atoms with Gasteiger partial charge in [-0.25, -0.2) is 0 Å². The second kappa shape index (κ2) is 4.05. The highest BCUT2D eigenvalue weighted by Crippen LogP contribution is 2.49. The van der Waals surface area contributed by atoms with Gasteiger partial charge in [-0.1, -0.05) is 43.1 Å². The summed E-state index contributed by atoms with van der Waals surface area (Å²) in [7, 11) is 0. The van der Waals surface area contributed by atoms with Gasteiger partial charge in [0.05, 0.1) is 0 Å². The molecule has 0 heterocycles. The second-order valence-electron chi connectivity index (χ2n) is 6.33. The molecule has 0 heteroatoms. The van der Waals surface area contributed by atoms with Gasteiger partial charge in [-0.15, -0.1) is 0 Å². The van der Waals surface area contributed by atoms with Gasteiger partial charge >= 0.3 is 0 Å².